The van der Waals surface area contributed by atoms with Crippen LogP contribution in [0.2, 0.25) is 5.02 Å². The number of hydrogen-bond acceptors (Lipinski definition) is 3. The van der Waals surface area contributed by atoms with Crippen molar-refractivity contribution in [3.8, 4) is 0 Å². The molecule has 2 N–H and O–H groups in total. The van der Waals surface area contributed by atoms with Crippen LogP contribution in [0, 0.1) is 11.3 Å². The smallest absolute Gasteiger partial charge is 0.225 e. The molecule has 1 fully saturated rings. The van der Waals surface area contributed by atoms with Crippen molar-refractivity contribution < 1.29 is 14.6 Å². The number of hydrogen-bond donors (Lipinski definition) is 2. The minimum atomic E-state index is -0.727. The molecule has 1 unspecified atom stereocenters. The Kier molecular flexibility index (Phi) is 6.45. The van der Waals surface area contributed by atoms with Crippen LogP contribution in [0.5, 0.6) is 0 Å². The standard InChI is InChI=1S/C18H26ClNO3/c1-18(2,11-13-7-9-23-10-8-13)17(22)20-12-16(21)14-3-5-15(19)6-4-14/h3-6,13,16,21H,7-12H2,1-2H3,(H,20,22). The topological polar surface area (TPSA) is 58.6 Å². The Morgan fingerprint density at radius 3 is 2.57 bits per heavy atom. The van der Waals surface area contributed by atoms with Crippen molar-refractivity contribution in [3.05, 3.63) is 34.9 Å². The summed E-state index contributed by atoms with van der Waals surface area (Å²) < 4.78 is 5.37. The molecule has 1 aliphatic heterocycles. The SMILES string of the molecule is CC(C)(CC1CCOCC1)C(=O)NCC(O)c1ccc(Cl)cc1. The van der Waals surface area contributed by atoms with Gasteiger partial charge < -0.3 is 15.2 Å². The second kappa shape index (κ2) is 8.13. The minimum Gasteiger partial charge on any atom is -0.387 e. The molecule has 5 heteroatoms. The first kappa shape index (κ1) is 18.2. The quantitative estimate of drug-likeness (QED) is 0.835. The minimum absolute atomic E-state index is 0.0167. The van der Waals surface area contributed by atoms with E-state index < -0.39 is 11.5 Å². The van der Waals surface area contributed by atoms with Crippen molar-refractivity contribution in [3.63, 3.8) is 0 Å². The number of rotatable bonds is 6. The molecular formula is C18H26ClNO3. The van der Waals surface area contributed by atoms with Gasteiger partial charge in [0.1, 0.15) is 0 Å². The molecule has 0 radical (unpaired) electrons. The first-order valence-corrected chi connectivity index (χ1v) is 8.56. The molecule has 4 nitrogen and oxygen atoms in total. The van der Waals surface area contributed by atoms with E-state index in [9.17, 15) is 9.90 Å². The highest BCUT2D eigenvalue weighted by Crippen LogP contribution is 2.31. The van der Waals surface area contributed by atoms with Crippen molar-refractivity contribution in [2.45, 2.75) is 39.2 Å². The molecule has 128 valence electrons. The van der Waals surface area contributed by atoms with E-state index in [1.807, 2.05) is 13.8 Å². The van der Waals surface area contributed by atoms with Crippen LogP contribution in [0.15, 0.2) is 24.3 Å². The monoisotopic (exact) mass is 339 g/mol. The maximum Gasteiger partial charge on any atom is 0.225 e. The average Bonchev–Trinajstić information content (AvgIpc) is 2.53. The van der Waals surface area contributed by atoms with E-state index in [0.717, 1.165) is 38.0 Å². The summed E-state index contributed by atoms with van der Waals surface area (Å²) in [6.07, 6.45) is 2.16. The molecule has 2 rings (SSSR count). The summed E-state index contributed by atoms with van der Waals surface area (Å²) in [4.78, 5) is 12.5. The van der Waals surface area contributed by atoms with Gasteiger partial charge in [-0.3, -0.25) is 4.79 Å². The largest absolute Gasteiger partial charge is 0.387 e. The van der Waals surface area contributed by atoms with Gasteiger partial charge in [-0.25, -0.2) is 0 Å². The number of aliphatic hydroxyl groups excluding tert-OH is 1. The summed E-state index contributed by atoms with van der Waals surface area (Å²) in [5.74, 6) is 0.516. The number of ether oxygens (including phenoxy) is 1. The molecule has 0 bridgehead atoms. The Labute approximate surface area is 143 Å². The number of amides is 1. The molecule has 1 aromatic carbocycles. The number of benzene rings is 1. The Bertz CT molecular complexity index is 510. The van der Waals surface area contributed by atoms with Gasteiger partial charge in [-0.05, 0) is 42.9 Å². The molecule has 0 saturated carbocycles. The van der Waals surface area contributed by atoms with Crippen LogP contribution in [0.25, 0.3) is 0 Å². The summed E-state index contributed by atoms with van der Waals surface area (Å²) in [7, 11) is 0. The van der Waals surface area contributed by atoms with Gasteiger partial charge in [0.2, 0.25) is 5.91 Å². The van der Waals surface area contributed by atoms with E-state index >= 15 is 0 Å². The van der Waals surface area contributed by atoms with Crippen molar-refractivity contribution >= 4 is 17.5 Å². The molecule has 1 amide bonds. The fourth-order valence-electron chi connectivity index (χ4n) is 3.00. The van der Waals surface area contributed by atoms with E-state index in [2.05, 4.69) is 5.32 Å². The molecule has 0 aromatic heterocycles. The van der Waals surface area contributed by atoms with Gasteiger partial charge in [0.05, 0.1) is 6.10 Å². The average molecular weight is 340 g/mol. The summed E-state index contributed by atoms with van der Waals surface area (Å²) in [5.41, 5.74) is 0.304. The molecule has 1 aromatic rings. The highest BCUT2D eigenvalue weighted by molar-refractivity contribution is 6.30. The van der Waals surface area contributed by atoms with Crippen molar-refractivity contribution in [2.24, 2.45) is 11.3 Å². The Hall–Kier alpha value is -1.10. The van der Waals surface area contributed by atoms with Crippen LogP contribution >= 0.6 is 11.6 Å². The predicted octanol–water partition coefficient (Wildman–Crippen LogP) is 3.33. The summed E-state index contributed by atoms with van der Waals surface area (Å²) in [6.45, 7) is 5.71. The second-order valence-electron chi connectivity index (χ2n) is 6.92. The van der Waals surface area contributed by atoms with Crippen molar-refractivity contribution in [1.82, 2.24) is 5.32 Å². The third-order valence-electron chi connectivity index (χ3n) is 4.47. The normalized spacial score (nSPS) is 17.7. The van der Waals surface area contributed by atoms with Gasteiger partial charge in [0.25, 0.3) is 0 Å². The van der Waals surface area contributed by atoms with Gasteiger partial charge in [-0.15, -0.1) is 0 Å². The molecular weight excluding hydrogens is 314 g/mol. The third-order valence-corrected chi connectivity index (χ3v) is 4.72. The number of aliphatic hydroxyl groups is 1. The van der Waals surface area contributed by atoms with Crippen LogP contribution in [0.1, 0.15) is 44.8 Å². The first-order valence-electron chi connectivity index (χ1n) is 8.18. The highest BCUT2D eigenvalue weighted by atomic mass is 35.5. The van der Waals surface area contributed by atoms with Crippen molar-refractivity contribution in [2.75, 3.05) is 19.8 Å². The fourth-order valence-corrected chi connectivity index (χ4v) is 3.12. The Morgan fingerprint density at radius 1 is 1.35 bits per heavy atom. The molecule has 1 aliphatic rings. The fraction of sp³-hybridized carbons (Fsp3) is 0.611. The number of carbonyl (C=O) groups is 1. The first-order chi connectivity index (χ1) is 10.9. The lowest BCUT2D eigenvalue weighted by atomic mass is 9.79. The van der Waals surface area contributed by atoms with E-state index in [1.54, 1.807) is 24.3 Å². The van der Waals surface area contributed by atoms with E-state index in [4.69, 9.17) is 16.3 Å². The van der Waals surface area contributed by atoms with Crippen LogP contribution in [-0.4, -0.2) is 30.8 Å². The lowest BCUT2D eigenvalue weighted by Crippen LogP contribution is -2.40. The maximum absolute atomic E-state index is 12.5. The molecule has 1 atom stereocenters. The zero-order chi connectivity index (χ0) is 16.9. The predicted molar refractivity (Wildman–Crippen MR) is 91.4 cm³/mol. The van der Waals surface area contributed by atoms with Gasteiger partial charge in [0, 0.05) is 30.2 Å². The molecule has 23 heavy (non-hydrogen) atoms. The zero-order valence-electron chi connectivity index (χ0n) is 13.8. The van der Waals surface area contributed by atoms with Crippen LogP contribution < -0.4 is 5.32 Å². The highest BCUT2D eigenvalue weighted by Gasteiger charge is 2.31. The number of nitrogens with one attached hydrogen (secondary N) is 1. The van der Waals surface area contributed by atoms with Crippen molar-refractivity contribution in [1.29, 1.82) is 0 Å². The maximum atomic E-state index is 12.5. The van der Waals surface area contributed by atoms with Gasteiger partial charge >= 0.3 is 0 Å². The zero-order valence-corrected chi connectivity index (χ0v) is 14.6. The molecule has 0 aliphatic carbocycles. The van der Waals surface area contributed by atoms with Crippen LogP contribution in [0.4, 0.5) is 0 Å². The van der Waals surface area contributed by atoms with E-state index in [0.29, 0.717) is 10.9 Å². The van der Waals surface area contributed by atoms with Crippen LogP contribution in [-0.2, 0) is 9.53 Å². The third kappa shape index (κ3) is 5.48. The molecule has 1 saturated heterocycles. The lowest BCUT2D eigenvalue weighted by Gasteiger charge is -2.31. The Morgan fingerprint density at radius 2 is 1.96 bits per heavy atom. The summed E-state index contributed by atoms with van der Waals surface area (Å²) in [5, 5.41) is 13.7. The Balaban J connectivity index is 1.83. The summed E-state index contributed by atoms with van der Waals surface area (Å²) in [6, 6.07) is 7.01. The van der Waals surface area contributed by atoms with Crippen LogP contribution in [0.3, 0.4) is 0 Å². The summed E-state index contributed by atoms with van der Waals surface area (Å²) >= 11 is 5.84. The second-order valence-corrected chi connectivity index (χ2v) is 7.36. The molecule has 0 spiro atoms. The number of halogens is 1. The van der Waals surface area contributed by atoms with E-state index in [1.165, 1.54) is 0 Å². The van der Waals surface area contributed by atoms with E-state index in [-0.39, 0.29) is 12.5 Å². The van der Waals surface area contributed by atoms with Gasteiger partial charge in [-0.1, -0.05) is 37.6 Å². The van der Waals surface area contributed by atoms with Gasteiger partial charge in [-0.2, -0.15) is 0 Å². The van der Waals surface area contributed by atoms with Gasteiger partial charge in [0.15, 0.2) is 0 Å². The lowest BCUT2D eigenvalue weighted by molar-refractivity contribution is -0.131. The number of carbonyl (C=O) groups excluding carboxylic acids is 1. The molecule has 1 heterocycles.